The van der Waals surface area contributed by atoms with Crippen molar-refractivity contribution in [2.24, 2.45) is 0 Å². The topological polar surface area (TPSA) is 64.9 Å². The van der Waals surface area contributed by atoms with Crippen molar-refractivity contribution in [3.05, 3.63) is 35.4 Å². The first-order valence-electron chi connectivity index (χ1n) is 7.21. The molecule has 0 spiro atoms. The van der Waals surface area contributed by atoms with Crippen LogP contribution in [0, 0.1) is 11.3 Å². The summed E-state index contributed by atoms with van der Waals surface area (Å²) in [6.45, 7) is 4.81. The summed E-state index contributed by atoms with van der Waals surface area (Å²) >= 11 is 0. The largest absolute Gasteiger partial charge is 0.338 e. The number of nitrogens with zero attached hydrogens (tertiary/aromatic N) is 1. The molecule has 1 aromatic carbocycles. The summed E-state index contributed by atoms with van der Waals surface area (Å²) in [5, 5.41) is 14.5. The SMILES string of the molecule is CCCCCCNC(=O)N[C@@H](C)c1ccc(C#N)cc1. The van der Waals surface area contributed by atoms with Gasteiger partial charge >= 0.3 is 6.03 Å². The summed E-state index contributed by atoms with van der Waals surface area (Å²) in [6.07, 6.45) is 4.58. The lowest BCUT2D eigenvalue weighted by atomic mass is 10.1. The lowest BCUT2D eigenvalue weighted by molar-refractivity contribution is 0.237. The molecule has 1 aromatic rings. The summed E-state index contributed by atoms with van der Waals surface area (Å²) in [7, 11) is 0. The lowest BCUT2D eigenvalue weighted by Crippen LogP contribution is -2.37. The number of benzene rings is 1. The molecule has 0 radical (unpaired) electrons. The molecular weight excluding hydrogens is 250 g/mol. The number of nitrogens with one attached hydrogen (secondary N) is 2. The van der Waals surface area contributed by atoms with Crippen LogP contribution in [-0.2, 0) is 0 Å². The fourth-order valence-corrected chi connectivity index (χ4v) is 1.93. The number of hydrogen-bond acceptors (Lipinski definition) is 2. The van der Waals surface area contributed by atoms with E-state index < -0.39 is 0 Å². The quantitative estimate of drug-likeness (QED) is 0.747. The van der Waals surface area contributed by atoms with Gasteiger partial charge in [-0.1, -0.05) is 38.3 Å². The highest BCUT2D eigenvalue weighted by molar-refractivity contribution is 5.74. The highest BCUT2D eigenvalue weighted by Gasteiger charge is 2.08. The summed E-state index contributed by atoms with van der Waals surface area (Å²) in [5.74, 6) is 0. The maximum atomic E-state index is 11.7. The number of hydrogen-bond donors (Lipinski definition) is 2. The van der Waals surface area contributed by atoms with E-state index in [-0.39, 0.29) is 12.1 Å². The van der Waals surface area contributed by atoms with E-state index in [1.807, 2.05) is 19.1 Å². The fraction of sp³-hybridized carbons (Fsp3) is 0.500. The Bertz CT molecular complexity index is 448. The molecule has 0 heterocycles. The van der Waals surface area contributed by atoms with E-state index in [0.717, 1.165) is 18.4 Å². The third-order valence-electron chi connectivity index (χ3n) is 3.20. The lowest BCUT2D eigenvalue weighted by Gasteiger charge is -2.15. The smallest absolute Gasteiger partial charge is 0.315 e. The van der Waals surface area contributed by atoms with Crippen molar-refractivity contribution in [2.45, 2.75) is 45.6 Å². The zero-order chi connectivity index (χ0) is 14.8. The van der Waals surface area contributed by atoms with E-state index in [2.05, 4.69) is 23.6 Å². The molecule has 2 amide bonds. The van der Waals surface area contributed by atoms with Gasteiger partial charge in [0, 0.05) is 6.54 Å². The van der Waals surface area contributed by atoms with Crippen molar-refractivity contribution in [2.75, 3.05) is 6.54 Å². The molecule has 1 rings (SSSR count). The molecule has 0 aliphatic heterocycles. The van der Waals surface area contributed by atoms with Crippen LogP contribution in [-0.4, -0.2) is 12.6 Å². The normalized spacial score (nSPS) is 11.4. The van der Waals surface area contributed by atoms with Crippen LogP contribution in [0.25, 0.3) is 0 Å². The Morgan fingerprint density at radius 3 is 2.55 bits per heavy atom. The number of carbonyl (C=O) groups excluding carboxylic acids is 1. The van der Waals surface area contributed by atoms with Crippen molar-refractivity contribution in [3.63, 3.8) is 0 Å². The Kier molecular flexibility index (Phi) is 7.20. The molecule has 1 atom stereocenters. The first-order valence-corrected chi connectivity index (χ1v) is 7.21. The molecule has 4 nitrogen and oxygen atoms in total. The highest BCUT2D eigenvalue weighted by Crippen LogP contribution is 2.12. The van der Waals surface area contributed by atoms with Gasteiger partial charge < -0.3 is 10.6 Å². The van der Waals surface area contributed by atoms with E-state index in [1.165, 1.54) is 12.8 Å². The van der Waals surface area contributed by atoms with Gasteiger partial charge in [0.05, 0.1) is 17.7 Å². The van der Waals surface area contributed by atoms with Crippen LogP contribution < -0.4 is 10.6 Å². The average Bonchev–Trinajstić information content (AvgIpc) is 2.47. The maximum absolute atomic E-state index is 11.7. The van der Waals surface area contributed by atoms with Crippen molar-refractivity contribution < 1.29 is 4.79 Å². The summed E-state index contributed by atoms with van der Waals surface area (Å²) < 4.78 is 0. The Morgan fingerprint density at radius 2 is 1.95 bits per heavy atom. The number of amides is 2. The van der Waals surface area contributed by atoms with Gasteiger partial charge in [-0.25, -0.2) is 4.79 Å². The number of urea groups is 1. The van der Waals surface area contributed by atoms with Crippen LogP contribution in [0.4, 0.5) is 4.79 Å². The first kappa shape index (κ1) is 16.0. The van der Waals surface area contributed by atoms with Gasteiger partial charge in [-0.2, -0.15) is 5.26 Å². The van der Waals surface area contributed by atoms with Crippen LogP contribution in [0.5, 0.6) is 0 Å². The standard InChI is InChI=1S/C16H23N3O/c1-3-4-5-6-11-18-16(20)19-13(2)15-9-7-14(12-17)8-10-15/h7-10,13H,3-6,11H2,1-2H3,(H2,18,19,20)/t13-/m0/s1. The number of rotatable bonds is 7. The zero-order valence-electron chi connectivity index (χ0n) is 12.3. The maximum Gasteiger partial charge on any atom is 0.315 e. The van der Waals surface area contributed by atoms with Gasteiger partial charge in [0.2, 0.25) is 0 Å². The van der Waals surface area contributed by atoms with Gasteiger partial charge in [0.15, 0.2) is 0 Å². The molecule has 20 heavy (non-hydrogen) atoms. The van der Waals surface area contributed by atoms with Crippen molar-refractivity contribution >= 4 is 6.03 Å². The van der Waals surface area contributed by atoms with Crippen LogP contribution in [0.3, 0.4) is 0 Å². The molecule has 0 aliphatic carbocycles. The monoisotopic (exact) mass is 273 g/mol. The van der Waals surface area contributed by atoms with E-state index in [1.54, 1.807) is 12.1 Å². The van der Waals surface area contributed by atoms with Crippen molar-refractivity contribution in [1.29, 1.82) is 5.26 Å². The van der Waals surface area contributed by atoms with E-state index in [0.29, 0.717) is 12.1 Å². The third-order valence-corrected chi connectivity index (χ3v) is 3.20. The van der Waals surface area contributed by atoms with Crippen LogP contribution >= 0.6 is 0 Å². The number of nitriles is 1. The molecule has 0 aliphatic rings. The molecule has 108 valence electrons. The summed E-state index contributed by atoms with van der Waals surface area (Å²) in [5.41, 5.74) is 1.62. The number of carbonyl (C=O) groups is 1. The predicted molar refractivity (Wildman–Crippen MR) is 80.2 cm³/mol. The minimum atomic E-state index is -0.140. The zero-order valence-corrected chi connectivity index (χ0v) is 12.3. The summed E-state index contributed by atoms with van der Waals surface area (Å²) in [4.78, 5) is 11.7. The molecular formula is C16H23N3O. The second kappa shape index (κ2) is 8.98. The molecule has 0 aromatic heterocycles. The van der Waals surface area contributed by atoms with Crippen LogP contribution in [0.1, 0.15) is 56.7 Å². The molecule has 0 bridgehead atoms. The molecule has 0 fully saturated rings. The first-order chi connectivity index (χ1) is 9.67. The van der Waals surface area contributed by atoms with Gasteiger partial charge in [-0.05, 0) is 31.0 Å². The molecule has 0 saturated heterocycles. The fourth-order valence-electron chi connectivity index (χ4n) is 1.93. The Labute approximate surface area is 121 Å². The van der Waals surface area contributed by atoms with Crippen LogP contribution in [0.2, 0.25) is 0 Å². The molecule has 0 unspecified atom stereocenters. The van der Waals surface area contributed by atoms with Gasteiger partial charge in [0.1, 0.15) is 0 Å². The predicted octanol–water partition coefficient (Wildman–Crippen LogP) is 3.50. The van der Waals surface area contributed by atoms with Gasteiger partial charge in [0.25, 0.3) is 0 Å². The highest BCUT2D eigenvalue weighted by atomic mass is 16.2. The Morgan fingerprint density at radius 1 is 1.25 bits per heavy atom. The second-order valence-corrected chi connectivity index (χ2v) is 4.92. The Balaban J connectivity index is 2.31. The van der Waals surface area contributed by atoms with Crippen LogP contribution in [0.15, 0.2) is 24.3 Å². The van der Waals surface area contributed by atoms with Gasteiger partial charge in [-0.3, -0.25) is 0 Å². The third kappa shape index (κ3) is 5.75. The molecule has 2 N–H and O–H groups in total. The summed E-state index contributed by atoms with van der Waals surface area (Å²) in [6, 6.07) is 9.12. The van der Waals surface area contributed by atoms with Crippen molar-refractivity contribution in [1.82, 2.24) is 10.6 Å². The minimum absolute atomic E-state index is 0.0709. The molecule has 4 heteroatoms. The van der Waals surface area contributed by atoms with Crippen molar-refractivity contribution in [3.8, 4) is 6.07 Å². The minimum Gasteiger partial charge on any atom is -0.338 e. The molecule has 0 saturated carbocycles. The van der Waals surface area contributed by atoms with Gasteiger partial charge in [-0.15, -0.1) is 0 Å². The second-order valence-electron chi connectivity index (χ2n) is 4.92. The Hall–Kier alpha value is -2.02. The van der Waals surface area contributed by atoms with E-state index in [9.17, 15) is 4.79 Å². The van der Waals surface area contributed by atoms with E-state index in [4.69, 9.17) is 5.26 Å². The number of unbranched alkanes of at least 4 members (excludes halogenated alkanes) is 3. The average molecular weight is 273 g/mol. The van der Waals surface area contributed by atoms with E-state index >= 15 is 0 Å².